The van der Waals surface area contributed by atoms with Gasteiger partial charge in [0.2, 0.25) is 0 Å². The number of ether oxygens (including phenoxy) is 3. The molecule has 0 bridgehead atoms. The molecule has 0 heterocycles. The Bertz CT molecular complexity index is 947. The zero-order valence-corrected chi connectivity index (χ0v) is 42.0. The van der Waals surface area contributed by atoms with Crippen molar-refractivity contribution in [3.05, 3.63) is 0 Å². The van der Waals surface area contributed by atoms with E-state index in [9.17, 15) is 14.4 Å². The van der Waals surface area contributed by atoms with Crippen molar-refractivity contribution in [3.63, 3.8) is 0 Å². The van der Waals surface area contributed by atoms with E-state index in [1.165, 1.54) is 180 Å². The second-order valence-corrected chi connectivity index (χ2v) is 20.1. The van der Waals surface area contributed by atoms with Crippen molar-refractivity contribution in [2.75, 3.05) is 13.2 Å². The summed E-state index contributed by atoms with van der Waals surface area (Å²) in [6.45, 7) is 13.7. The van der Waals surface area contributed by atoms with E-state index in [0.29, 0.717) is 19.3 Å². The Morgan fingerprint density at radius 3 is 0.852 bits per heavy atom. The summed E-state index contributed by atoms with van der Waals surface area (Å²) in [5.41, 5.74) is 0. The van der Waals surface area contributed by atoms with Gasteiger partial charge in [0, 0.05) is 19.3 Å². The first kappa shape index (κ1) is 59.4. The molecule has 0 aliphatic rings. The van der Waals surface area contributed by atoms with E-state index < -0.39 is 6.10 Å². The Balaban J connectivity index is 4.24. The Hall–Kier alpha value is -1.59. The predicted molar refractivity (Wildman–Crippen MR) is 261 cm³/mol. The Morgan fingerprint density at radius 2 is 0.574 bits per heavy atom. The third-order valence-electron chi connectivity index (χ3n) is 12.8. The van der Waals surface area contributed by atoms with Crippen LogP contribution in [0.25, 0.3) is 0 Å². The Kier molecular flexibility index (Phi) is 45.2. The summed E-state index contributed by atoms with van der Waals surface area (Å²) < 4.78 is 16.8. The second kappa shape index (κ2) is 46.4. The summed E-state index contributed by atoms with van der Waals surface area (Å²) in [5.74, 6) is 1.64. The van der Waals surface area contributed by atoms with Crippen molar-refractivity contribution in [1.82, 2.24) is 0 Å². The molecule has 6 heteroatoms. The van der Waals surface area contributed by atoms with Crippen molar-refractivity contribution in [3.8, 4) is 0 Å². The molecule has 0 aromatic heterocycles. The lowest BCUT2D eigenvalue weighted by Gasteiger charge is -2.18. The summed E-state index contributed by atoms with van der Waals surface area (Å²) in [7, 11) is 0. The number of unbranched alkanes of at least 4 members (excludes halogenated alkanes) is 30. The molecule has 0 fully saturated rings. The van der Waals surface area contributed by atoms with E-state index in [4.69, 9.17) is 14.2 Å². The molecule has 61 heavy (non-hydrogen) atoms. The van der Waals surface area contributed by atoms with Crippen molar-refractivity contribution < 1.29 is 28.6 Å². The Labute approximate surface area is 380 Å². The first-order valence-corrected chi connectivity index (χ1v) is 27.1. The molecule has 0 amide bonds. The quantitative estimate of drug-likeness (QED) is 0.0344. The van der Waals surface area contributed by atoms with Gasteiger partial charge in [-0.05, 0) is 37.0 Å². The molecule has 0 N–H and O–H groups in total. The fraction of sp³-hybridized carbons (Fsp3) is 0.945. The van der Waals surface area contributed by atoms with Crippen LogP contribution in [-0.4, -0.2) is 37.2 Å². The molecule has 0 aromatic carbocycles. The average molecular weight is 863 g/mol. The van der Waals surface area contributed by atoms with Crippen molar-refractivity contribution >= 4 is 17.9 Å². The predicted octanol–water partition coefficient (Wildman–Crippen LogP) is 17.6. The van der Waals surface area contributed by atoms with Crippen LogP contribution in [0.2, 0.25) is 0 Å². The lowest BCUT2D eigenvalue weighted by molar-refractivity contribution is -0.167. The number of rotatable bonds is 48. The van der Waals surface area contributed by atoms with E-state index in [0.717, 1.165) is 75.5 Å². The highest BCUT2D eigenvalue weighted by Gasteiger charge is 2.19. The minimum Gasteiger partial charge on any atom is -0.462 e. The molecule has 0 radical (unpaired) electrons. The third-order valence-corrected chi connectivity index (χ3v) is 12.8. The van der Waals surface area contributed by atoms with Gasteiger partial charge in [0.05, 0.1) is 0 Å². The topological polar surface area (TPSA) is 78.9 Å². The Morgan fingerprint density at radius 1 is 0.328 bits per heavy atom. The van der Waals surface area contributed by atoms with Gasteiger partial charge in [0.1, 0.15) is 13.2 Å². The summed E-state index contributed by atoms with van der Waals surface area (Å²) in [4.78, 5) is 38.0. The average Bonchev–Trinajstić information content (AvgIpc) is 3.23. The molecule has 0 rings (SSSR count). The van der Waals surface area contributed by atoms with Gasteiger partial charge in [-0.2, -0.15) is 0 Å². The molecule has 0 spiro atoms. The highest BCUT2D eigenvalue weighted by molar-refractivity contribution is 5.71. The van der Waals surface area contributed by atoms with Gasteiger partial charge in [-0.25, -0.2) is 0 Å². The fourth-order valence-corrected chi connectivity index (χ4v) is 8.26. The van der Waals surface area contributed by atoms with Crippen LogP contribution in [0.3, 0.4) is 0 Å². The molecule has 0 aliphatic carbocycles. The van der Waals surface area contributed by atoms with Gasteiger partial charge in [-0.15, -0.1) is 0 Å². The van der Waals surface area contributed by atoms with Crippen LogP contribution in [0.4, 0.5) is 0 Å². The van der Waals surface area contributed by atoms with Gasteiger partial charge in [0.15, 0.2) is 6.10 Å². The molecule has 6 nitrogen and oxygen atoms in total. The van der Waals surface area contributed by atoms with Gasteiger partial charge < -0.3 is 14.2 Å². The van der Waals surface area contributed by atoms with E-state index in [1.807, 2.05) is 0 Å². The maximum absolute atomic E-state index is 12.8. The largest absolute Gasteiger partial charge is 0.462 e. The highest BCUT2D eigenvalue weighted by Crippen LogP contribution is 2.18. The van der Waals surface area contributed by atoms with Crippen LogP contribution >= 0.6 is 0 Å². The number of esters is 3. The van der Waals surface area contributed by atoms with Gasteiger partial charge in [-0.3, -0.25) is 14.4 Å². The summed E-state index contributed by atoms with van der Waals surface area (Å²) in [6.07, 6.45) is 46.7. The summed E-state index contributed by atoms with van der Waals surface area (Å²) >= 11 is 0. The molecule has 0 aliphatic heterocycles. The standard InChI is InChI=1S/C55H106O6/c1-7-51(6)43-37-31-27-28-34-40-46-55(58)61-52(48-60-54(57)45-39-33-26-22-18-14-16-20-24-30-36-42-50(4)5)47-59-53(56)44-38-32-25-21-17-13-11-9-8-10-12-15-19-23-29-35-41-49(2)3/h49-52H,7-48H2,1-6H3/t51?,52-/m1/s1. The lowest BCUT2D eigenvalue weighted by atomic mass is 10.00. The summed E-state index contributed by atoms with van der Waals surface area (Å²) in [5, 5.41) is 0. The van der Waals surface area contributed by atoms with Crippen molar-refractivity contribution in [2.24, 2.45) is 17.8 Å². The van der Waals surface area contributed by atoms with Gasteiger partial charge in [0.25, 0.3) is 0 Å². The molecule has 0 saturated carbocycles. The van der Waals surface area contributed by atoms with Crippen LogP contribution < -0.4 is 0 Å². The van der Waals surface area contributed by atoms with Crippen molar-refractivity contribution in [2.45, 2.75) is 304 Å². The monoisotopic (exact) mass is 863 g/mol. The minimum atomic E-state index is -0.763. The molecular weight excluding hydrogens is 757 g/mol. The molecule has 2 atom stereocenters. The third kappa shape index (κ3) is 47.7. The maximum Gasteiger partial charge on any atom is 0.306 e. The van der Waals surface area contributed by atoms with Crippen LogP contribution in [0, 0.1) is 17.8 Å². The maximum atomic E-state index is 12.8. The number of hydrogen-bond donors (Lipinski definition) is 0. The lowest BCUT2D eigenvalue weighted by Crippen LogP contribution is -2.30. The molecule has 1 unspecified atom stereocenters. The van der Waals surface area contributed by atoms with Gasteiger partial charge >= 0.3 is 17.9 Å². The number of hydrogen-bond acceptors (Lipinski definition) is 6. The number of carbonyl (C=O) groups is 3. The van der Waals surface area contributed by atoms with Crippen molar-refractivity contribution in [1.29, 1.82) is 0 Å². The van der Waals surface area contributed by atoms with Crippen LogP contribution in [0.15, 0.2) is 0 Å². The SMILES string of the molecule is CCC(C)CCCCCCCCC(=O)O[C@H](COC(=O)CCCCCCCCCCCCCCCCCCC(C)C)COC(=O)CCCCCCCCCCCCCC(C)C. The van der Waals surface area contributed by atoms with Gasteiger partial charge in [-0.1, -0.05) is 260 Å². The van der Waals surface area contributed by atoms with Crippen LogP contribution in [0.1, 0.15) is 298 Å². The number of carbonyl (C=O) groups excluding carboxylic acids is 3. The molecule has 0 aromatic rings. The van der Waals surface area contributed by atoms with E-state index in [-0.39, 0.29) is 31.1 Å². The fourth-order valence-electron chi connectivity index (χ4n) is 8.26. The zero-order chi connectivity index (χ0) is 44.9. The molecular formula is C55H106O6. The van der Waals surface area contributed by atoms with Crippen LogP contribution in [-0.2, 0) is 28.6 Å². The molecule has 0 saturated heterocycles. The van der Waals surface area contributed by atoms with E-state index >= 15 is 0 Å². The first-order valence-electron chi connectivity index (χ1n) is 27.1. The smallest absolute Gasteiger partial charge is 0.306 e. The molecule has 362 valence electrons. The minimum absolute atomic E-state index is 0.0651. The second-order valence-electron chi connectivity index (χ2n) is 20.1. The first-order chi connectivity index (χ1) is 29.6. The highest BCUT2D eigenvalue weighted by atomic mass is 16.6. The van der Waals surface area contributed by atoms with E-state index in [2.05, 4.69) is 41.5 Å². The van der Waals surface area contributed by atoms with Crippen LogP contribution in [0.5, 0.6) is 0 Å². The van der Waals surface area contributed by atoms with E-state index in [1.54, 1.807) is 0 Å². The summed E-state index contributed by atoms with van der Waals surface area (Å²) in [6, 6.07) is 0. The zero-order valence-electron chi connectivity index (χ0n) is 42.0. The normalized spacial score (nSPS) is 12.6.